The third-order valence-electron chi connectivity index (χ3n) is 0.926. The molecule has 0 atom stereocenters. The first-order valence-electron chi connectivity index (χ1n) is 3.79. The van der Waals surface area contributed by atoms with Gasteiger partial charge in [-0.15, -0.1) is 5.48 Å². The summed E-state index contributed by atoms with van der Waals surface area (Å²) in [6.07, 6.45) is -2.66. The third-order valence-corrected chi connectivity index (χ3v) is 0.926. The molecular weight excluding hydrogens is 236 g/mol. The normalized spacial score (nSPS) is 8.47. The Kier molecular flexibility index (Phi) is 5.28. The van der Waals surface area contributed by atoms with Gasteiger partial charge in [0.15, 0.2) is 0 Å². The van der Waals surface area contributed by atoms with Crippen molar-refractivity contribution in [2.24, 2.45) is 5.73 Å². The summed E-state index contributed by atoms with van der Waals surface area (Å²) in [7, 11) is 0. The summed E-state index contributed by atoms with van der Waals surface area (Å²) < 4.78 is 0. The highest BCUT2D eigenvalue weighted by Gasteiger charge is 1.95. The predicted molar refractivity (Wildman–Crippen MR) is 54.9 cm³/mol. The summed E-state index contributed by atoms with van der Waals surface area (Å²) in [6, 6.07) is 0. The lowest BCUT2D eigenvalue weighted by molar-refractivity contribution is 0.0876. The smallest absolute Gasteiger partial charge is 0.438 e. The number of carboxylic acid groups (broad SMARTS) is 1. The van der Waals surface area contributed by atoms with E-state index in [9.17, 15) is 9.59 Å². The van der Waals surface area contributed by atoms with Gasteiger partial charge in [-0.3, -0.25) is 0 Å². The fraction of sp³-hybridized carbons (Fsp3) is 0. The van der Waals surface area contributed by atoms with Crippen LogP contribution in [0.1, 0.15) is 0 Å². The third kappa shape index (κ3) is 7.98. The highest BCUT2D eigenvalue weighted by atomic mass is 16.7. The minimum atomic E-state index is -1.47. The number of hydrogen-bond donors (Lipinski definition) is 6. The number of primary amides is 1. The second kappa shape index (κ2) is 6.44. The van der Waals surface area contributed by atoms with Crippen LogP contribution in [0.2, 0.25) is 0 Å². The van der Waals surface area contributed by atoms with Crippen molar-refractivity contribution >= 4 is 30.0 Å². The van der Waals surface area contributed by atoms with Crippen LogP contribution in [0.3, 0.4) is 0 Å². The Bertz CT molecular complexity index is 344. The van der Waals surface area contributed by atoms with Crippen LogP contribution in [0.15, 0.2) is 0 Å². The van der Waals surface area contributed by atoms with Gasteiger partial charge in [0.25, 0.3) is 0 Å². The summed E-state index contributed by atoms with van der Waals surface area (Å²) in [4.78, 5) is 33.1. The highest BCUT2D eigenvalue weighted by molar-refractivity contribution is 5.69. The average Bonchev–Trinajstić information content (AvgIpc) is 2.13. The Labute approximate surface area is 93.9 Å². The van der Waals surface area contributed by atoms with Gasteiger partial charge in [0, 0.05) is 0 Å². The van der Waals surface area contributed by atoms with E-state index in [1.807, 2.05) is 0 Å². The Hall–Kier alpha value is -3.05. The van der Waals surface area contributed by atoms with Crippen molar-refractivity contribution in [1.29, 1.82) is 0 Å². The second-order valence-electron chi connectivity index (χ2n) is 2.24. The van der Waals surface area contributed by atoms with E-state index < -0.39 is 12.2 Å². The molecule has 0 saturated heterocycles. The molecule has 1 aromatic rings. The van der Waals surface area contributed by atoms with Crippen LogP contribution in [0, 0.1) is 0 Å². The molecule has 0 aliphatic carbocycles. The molecule has 0 aliphatic rings. The number of aromatic nitrogens is 3. The number of hydrogen-bond acceptors (Lipinski definition) is 9. The van der Waals surface area contributed by atoms with E-state index in [0.29, 0.717) is 0 Å². The topological polar surface area (TPSA) is 218 Å². The number of amides is 2. The first-order chi connectivity index (χ1) is 7.81. The molecule has 1 heterocycles. The van der Waals surface area contributed by atoms with Crippen molar-refractivity contribution in [2.75, 3.05) is 17.2 Å². The van der Waals surface area contributed by atoms with Gasteiger partial charge < -0.3 is 32.9 Å². The number of nitrogens with zero attached hydrogens (tertiary/aromatic N) is 3. The van der Waals surface area contributed by atoms with Gasteiger partial charge in [-0.2, -0.15) is 15.0 Å². The molecule has 0 saturated carbocycles. The molecule has 17 heavy (non-hydrogen) atoms. The van der Waals surface area contributed by atoms with E-state index in [0.717, 1.165) is 0 Å². The van der Waals surface area contributed by atoms with Crippen LogP contribution in [-0.4, -0.2) is 32.2 Å². The standard InChI is InChI=1S/C3H6N6.C2H4N2O4/c4-1-7-2(5)9-3(6)8-1;3-1(5)8-4-2(6)7/h(H6,4,5,6,7,8,9);4H,(H2,3,5)(H,6,7). The summed E-state index contributed by atoms with van der Waals surface area (Å²) in [5, 5.41) is 7.72. The number of nitrogens with two attached hydrogens (primary N) is 4. The Balaban J connectivity index is 0.000000304. The number of rotatable bonds is 0. The predicted octanol–water partition coefficient (Wildman–Crippen LogP) is -2.12. The lowest BCUT2D eigenvalue weighted by Gasteiger charge is -1.94. The molecular formula is C5H10N8O4. The zero-order valence-corrected chi connectivity index (χ0v) is 8.32. The number of carbonyl (C=O) groups is 2. The number of nitrogen functional groups attached to an aromatic ring is 3. The zero-order valence-electron chi connectivity index (χ0n) is 8.32. The molecule has 0 spiro atoms. The maximum Gasteiger partial charge on any atom is 0.438 e. The van der Waals surface area contributed by atoms with Crippen molar-refractivity contribution in [2.45, 2.75) is 0 Å². The van der Waals surface area contributed by atoms with Crippen LogP contribution in [0.4, 0.5) is 27.4 Å². The molecule has 0 bridgehead atoms. The quantitative estimate of drug-likeness (QED) is 0.273. The average molecular weight is 246 g/mol. The van der Waals surface area contributed by atoms with Crippen molar-refractivity contribution in [1.82, 2.24) is 20.4 Å². The summed E-state index contributed by atoms with van der Waals surface area (Å²) in [6.45, 7) is 0. The zero-order chi connectivity index (χ0) is 13.4. The van der Waals surface area contributed by atoms with E-state index in [2.05, 4.69) is 25.5 Å². The van der Waals surface area contributed by atoms with Crippen LogP contribution < -0.4 is 28.4 Å². The minimum absolute atomic E-state index is 0.0417. The van der Waals surface area contributed by atoms with E-state index in [4.69, 9.17) is 22.3 Å². The van der Waals surface area contributed by atoms with E-state index in [-0.39, 0.29) is 17.8 Å². The Morgan fingerprint density at radius 3 is 1.59 bits per heavy atom. The molecule has 0 aliphatic heterocycles. The lowest BCUT2D eigenvalue weighted by atomic mass is 10.9. The first-order valence-corrected chi connectivity index (χ1v) is 3.79. The van der Waals surface area contributed by atoms with E-state index in [1.165, 1.54) is 5.48 Å². The SMILES string of the molecule is NC(=O)ONC(=O)O.Nc1nc(N)nc(N)n1. The highest BCUT2D eigenvalue weighted by Crippen LogP contribution is 1.97. The van der Waals surface area contributed by atoms with Gasteiger partial charge in [-0.25, -0.2) is 9.59 Å². The van der Waals surface area contributed by atoms with Crippen molar-refractivity contribution in [3.63, 3.8) is 0 Å². The van der Waals surface area contributed by atoms with Gasteiger partial charge in [-0.05, 0) is 0 Å². The van der Waals surface area contributed by atoms with Gasteiger partial charge in [-0.1, -0.05) is 0 Å². The molecule has 1 rings (SSSR count). The van der Waals surface area contributed by atoms with Crippen molar-refractivity contribution in [3.05, 3.63) is 0 Å². The van der Waals surface area contributed by atoms with Crippen LogP contribution in [-0.2, 0) is 4.84 Å². The summed E-state index contributed by atoms with van der Waals surface area (Å²) >= 11 is 0. The van der Waals surface area contributed by atoms with Crippen LogP contribution in [0.25, 0.3) is 0 Å². The molecule has 12 nitrogen and oxygen atoms in total. The van der Waals surface area contributed by atoms with E-state index >= 15 is 0 Å². The molecule has 1 aromatic heterocycles. The maximum absolute atomic E-state index is 9.58. The fourth-order valence-corrected chi connectivity index (χ4v) is 0.521. The number of hydroxylamine groups is 1. The first kappa shape index (κ1) is 13.9. The Morgan fingerprint density at radius 2 is 1.41 bits per heavy atom. The molecule has 0 radical (unpaired) electrons. The van der Waals surface area contributed by atoms with Crippen LogP contribution in [0.5, 0.6) is 0 Å². The van der Waals surface area contributed by atoms with E-state index in [1.54, 1.807) is 0 Å². The van der Waals surface area contributed by atoms with Gasteiger partial charge >= 0.3 is 12.2 Å². The maximum atomic E-state index is 9.58. The van der Waals surface area contributed by atoms with Gasteiger partial charge in [0.1, 0.15) is 0 Å². The molecule has 12 heteroatoms. The van der Waals surface area contributed by atoms with Gasteiger partial charge in [0.2, 0.25) is 17.8 Å². The lowest BCUT2D eigenvalue weighted by Crippen LogP contribution is -2.28. The number of nitrogens with one attached hydrogen (secondary N) is 1. The molecule has 0 unspecified atom stereocenters. The van der Waals surface area contributed by atoms with Crippen LogP contribution >= 0.6 is 0 Å². The van der Waals surface area contributed by atoms with Gasteiger partial charge in [0.05, 0.1) is 0 Å². The second-order valence-corrected chi connectivity index (χ2v) is 2.24. The number of carbonyl (C=O) groups excluding carboxylic acids is 1. The Morgan fingerprint density at radius 1 is 1.06 bits per heavy atom. The molecule has 2 amide bonds. The van der Waals surface area contributed by atoms with Crippen molar-refractivity contribution in [3.8, 4) is 0 Å². The van der Waals surface area contributed by atoms with Crippen molar-refractivity contribution < 1.29 is 19.5 Å². The molecule has 0 aromatic carbocycles. The molecule has 10 N–H and O–H groups in total. The molecule has 94 valence electrons. The largest absolute Gasteiger partial charge is 0.463 e. The minimum Gasteiger partial charge on any atom is -0.463 e. The summed E-state index contributed by atoms with van der Waals surface area (Å²) in [5.74, 6) is 0.125. The summed E-state index contributed by atoms with van der Waals surface area (Å²) in [5.41, 5.74) is 21.1. The monoisotopic (exact) mass is 246 g/mol. The number of anilines is 3. The molecule has 0 fully saturated rings. The fourth-order valence-electron chi connectivity index (χ4n) is 0.521.